The Labute approximate surface area is 122 Å². The molecule has 2 aromatic rings. The van der Waals surface area contributed by atoms with E-state index in [4.69, 9.17) is 5.26 Å². The monoisotopic (exact) mass is 306 g/mol. The molecule has 0 saturated heterocycles. The van der Waals surface area contributed by atoms with Gasteiger partial charge in [-0.25, -0.2) is 8.42 Å². The third kappa shape index (κ3) is 3.00. The van der Waals surface area contributed by atoms with Gasteiger partial charge < -0.3 is 0 Å². The Hall–Kier alpha value is -1.84. The first kappa shape index (κ1) is 14.6. The van der Waals surface area contributed by atoms with E-state index in [1.165, 1.54) is 12.1 Å². The van der Waals surface area contributed by atoms with Crippen molar-refractivity contribution in [3.63, 3.8) is 0 Å². The van der Waals surface area contributed by atoms with Crippen molar-refractivity contribution in [3.05, 3.63) is 46.8 Å². The smallest absolute Gasteiger partial charge is 0.271 e. The Bertz CT molecular complexity index is 755. The van der Waals surface area contributed by atoms with E-state index in [1.807, 2.05) is 32.0 Å². The summed E-state index contributed by atoms with van der Waals surface area (Å²) in [6.07, 6.45) is 0. The largest absolute Gasteiger partial charge is 0.279 e. The molecule has 0 aliphatic heterocycles. The van der Waals surface area contributed by atoms with Crippen LogP contribution in [0, 0.1) is 11.3 Å². The highest BCUT2D eigenvalue weighted by Gasteiger charge is 2.19. The van der Waals surface area contributed by atoms with Crippen molar-refractivity contribution in [1.29, 1.82) is 5.26 Å². The maximum atomic E-state index is 12.3. The second kappa shape index (κ2) is 5.65. The molecule has 0 unspecified atom stereocenters. The predicted molar refractivity (Wildman–Crippen MR) is 80.4 cm³/mol. The molecule has 0 bridgehead atoms. The molecule has 1 aromatic heterocycles. The van der Waals surface area contributed by atoms with Gasteiger partial charge in [-0.2, -0.15) is 5.26 Å². The standard InChI is InChI=1S/C14H14N2O2S2/c1-10(2)12-5-3-4-6-13(12)16-20(17,18)14-8-7-11(9-15)19-14/h3-8,10,16H,1-2H3. The SMILES string of the molecule is CC(C)c1ccccc1NS(=O)(=O)c1ccc(C#N)s1. The molecule has 2 rings (SSSR count). The predicted octanol–water partition coefficient (Wildman–Crippen LogP) is 3.54. The molecule has 20 heavy (non-hydrogen) atoms. The van der Waals surface area contributed by atoms with Crippen LogP contribution in [0.3, 0.4) is 0 Å². The van der Waals surface area contributed by atoms with Crippen LogP contribution in [0.5, 0.6) is 0 Å². The molecule has 0 radical (unpaired) electrons. The van der Waals surface area contributed by atoms with E-state index in [1.54, 1.807) is 12.1 Å². The highest BCUT2D eigenvalue weighted by molar-refractivity contribution is 7.94. The van der Waals surface area contributed by atoms with Crippen molar-refractivity contribution >= 4 is 27.0 Å². The average Bonchev–Trinajstić information content (AvgIpc) is 2.88. The quantitative estimate of drug-likeness (QED) is 0.939. The zero-order valence-corrected chi connectivity index (χ0v) is 12.8. The lowest BCUT2D eigenvalue weighted by Gasteiger charge is -2.13. The minimum Gasteiger partial charge on any atom is -0.279 e. The van der Waals surface area contributed by atoms with Gasteiger partial charge in [-0.1, -0.05) is 32.0 Å². The number of hydrogen-bond acceptors (Lipinski definition) is 4. The van der Waals surface area contributed by atoms with Gasteiger partial charge >= 0.3 is 0 Å². The number of para-hydroxylation sites is 1. The molecular weight excluding hydrogens is 292 g/mol. The van der Waals surface area contributed by atoms with Gasteiger partial charge in [0.25, 0.3) is 10.0 Å². The maximum Gasteiger partial charge on any atom is 0.271 e. The number of nitrogens with one attached hydrogen (secondary N) is 1. The van der Waals surface area contributed by atoms with E-state index in [0.29, 0.717) is 10.6 Å². The van der Waals surface area contributed by atoms with Crippen molar-refractivity contribution in [3.8, 4) is 6.07 Å². The lowest BCUT2D eigenvalue weighted by molar-refractivity contribution is 0.603. The Balaban J connectivity index is 2.36. The van der Waals surface area contributed by atoms with Crippen LogP contribution in [0.2, 0.25) is 0 Å². The molecule has 104 valence electrons. The van der Waals surface area contributed by atoms with E-state index in [0.717, 1.165) is 16.9 Å². The third-order valence-corrected chi connectivity index (χ3v) is 5.63. The van der Waals surface area contributed by atoms with Gasteiger partial charge in [0, 0.05) is 0 Å². The normalized spacial score (nSPS) is 11.3. The summed E-state index contributed by atoms with van der Waals surface area (Å²) in [4.78, 5) is 0.377. The summed E-state index contributed by atoms with van der Waals surface area (Å²) in [5, 5.41) is 8.77. The van der Waals surface area contributed by atoms with Crippen molar-refractivity contribution in [2.75, 3.05) is 4.72 Å². The fourth-order valence-corrected chi connectivity index (χ4v) is 4.00. The van der Waals surface area contributed by atoms with Crippen LogP contribution < -0.4 is 4.72 Å². The van der Waals surface area contributed by atoms with Crippen LogP contribution >= 0.6 is 11.3 Å². The van der Waals surface area contributed by atoms with Crippen LogP contribution in [0.4, 0.5) is 5.69 Å². The van der Waals surface area contributed by atoms with Crippen LogP contribution in [0.25, 0.3) is 0 Å². The molecule has 6 heteroatoms. The van der Waals surface area contributed by atoms with Gasteiger partial charge in [-0.3, -0.25) is 4.72 Å². The molecular formula is C14H14N2O2S2. The minimum absolute atomic E-state index is 0.146. The molecule has 0 spiro atoms. The van der Waals surface area contributed by atoms with Gasteiger partial charge in [-0.05, 0) is 29.7 Å². The number of sulfonamides is 1. The lowest BCUT2D eigenvalue weighted by atomic mass is 10.0. The van der Waals surface area contributed by atoms with E-state index in [9.17, 15) is 8.42 Å². The van der Waals surface area contributed by atoms with Crippen molar-refractivity contribution in [1.82, 2.24) is 0 Å². The van der Waals surface area contributed by atoms with Crippen molar-refractivity contribution in [2.24, 2.45) is 0 Å². The van der Waals surface area contributed by atoms with E-state index in [-0.39, 0.29) is 10.1 Å². The summed E-state index contributed by atoms with van der Waals surface area (Å²) in [6.45, 7) is 4.01. The highest BCUT2D eigenvalue weighted by Crippen LogP contribution is 2.28. The van der Waals surface area contributed by atoms with Crippen LogP contribution in [-0.2, 0) is 10.0 Å². The molecule has 0 amide bonds. The van der Waals surface area contributed by atoms with Gasteiger partial charge in [0.2, 0.25) is 0 Å². The van der Waals surface area contributed by atoms with Crippen molar-refractivity contribution < 1.29 is 8.42 Å². The Morgan fingerprint density at radius 2 is 1.90 bits per heavy atom. The minimum atomic E-state index is -3.64. The van der Waals surface area contributed by atoms with E-state index < -0.39 is 10.0 Å². The number of benzene rings is 1. The molecule has 0 aliphatic carbocycles. The number of hydrogen-bond donors (Lipinski definition) is 1. The second-order valence-electron chi connectivity index (χ2n) is 4.58. The van der Waals surface area contributed by atoms with Crippen LogP contribution in [0.15, 0.2) is 40.6 Å². The molecule has 0 atom stereocenters. The van der Waals surface area contributed by atoms with E-state index in [2.05, 4.69) is 4.72 Å². The first-order valence-electron chi connectivity index (χ1n) is 6.05. The third-order valence-electron chi connectivity index (χ3n) is 2.78. The molecule has 1 heterocycles. The zero-order chi connectivity index (χ0) is 14.8. The Morgan fingerprint density at radius 3 is 2.50 bits per heavy atom. The van der Waals surface area contributed by atoms with Gasteiger partial charge in [0.05, 0.1) is 5.69 Å². The maximum absolute atomic E-state index is 12.3. The second-order valence-corrected chi connectivity index (χ2v) is 7.57. The number of anilines is 1. The Kier molecular flexibility index (Phi) is 4.12. The van der Waals surface area contributed by atoms with Gasteiger partial charge in [0.15, 0.2) is 0 Å². The summed E-state index contributed by atoms with van der Waals surface area (Å²) in [6, 6.07) is 12.2. The summed E-state index contributed by atoms with van der Waals surface area (Å²) in [5.41, 5.74) is 1.52. The summed E-state index contributed by atoms with van der Waals surface area (Å²) >= 11 is 0.962. The molecule has 0 fully saturated rings. The lowest BCUT2D eigenvalue weighted by Crippen LogP contribution is -2.13. The number of thiophene rings is 1. The summed E-state index contributed by atoms with van der Waals surface area (Å²) in [7, 11) is -3.64. The van der Waals surface area contributed by atoms with E-state index >= 15 is 0 Å². The fourth-order valence-electron chi connectivity index (χ4n) is 1.81. The summed E-state index contributed by atoms with van der Waals surface area (Å²) in [5.74, 6) is 0.215. The highest BCUT2D eigenvalue weighted by atomic mass is 32.2. The van der Waals surface area contributed by atoms with Crippen molar-refractivity contribution in [2.45, 2.75) is 24.0 Å². The van der Waals surface area contributed by atoms with Gasteiger partial charge in [0.1, 0.15) is 15.2 Å². The first-order valence-corrected chi connectivity index (χ1v) is 8.35. The molecule has 1 aromatic carbocycles. The molecule has 0 saturated carbocycles. The fraction of sp³-hybridized carbons (Fsp3) is 0.214. The van der Waals surface area contributed by atoms with Crippen LogP contribution in [0.1, 0.15) is 30.2 Å². The first-order chi connectivity index (χ1) is 9.44. The Morgan fingerprint density at radius 1 is 1.20 bits per heavy atom. The average molecular weight is 306 g/mol. The topological polar surface area (TPSA) is 70.0 Å². The molecule has 0 aliphatic rings. The summed E-state index contributed by atoms with van der Waals surface area (Å²) < 4.78 is 27.3. The number of rotatable bonds is 4. The van der Waals surface area contributed by atoms with Crippen LogP contribution in [-0.4, -0.2) is 8.42 Å². The zero-order valence-electron chi connectivity index (χ0n) is 11.1. The number of nitriles is 1. The molecule has 4 nitrogen and oxygen atoms in total. The molecule has 1 N–H and O–H groups in total. The number of nitrogens with zero attached hydrogens (tertiary/aromatic N) is 1. The van der Waals surface area contributed by atoms with Gasteiger partial charge in [-0.15, -0.1) is 11.3 Å².